The van der Waals surface area contributed by atoms with Gasteiger partial charge in [0.15, 0.2) is 0 Å². The average molecular weight is 429 g/mol. The Morgan fingerprint density at radius 2 is 2.00 bits per heavy atom. The zero-order valence-electron chi connectivity index (χ0n) is 18.0. The van der Waals surface area contributed by atoms with Gasteiger partial charge < -0.3 is 16.2 Å². The van der Waals surface area contributed by atoms with Gasteiger partial charge in [-0.25, -0.2) is 8.78 Å². The van der Waals surface area contributed by atoms with Crippen LogP contribution in [-0.2, 0) is 10.3 Å². The number of rotatable bonds is 2. The lowest BCUT2D eigenvalue weighted by molar-refractivity contribution is 0.00300. The van der Waals surface area contributed by atoms with Crippen molar-refractivity contribution in [1.82, 2.24) is 0 Å². The lowest BCUT2D eigenvalue weighted by Crippen LogP contribution is -2.46. The molecule has 8 heteroatoms. The molecule has 1 aromatic rings. The van der Waals surface area contributed by atoms with Crippen LogP contribution < -0.4 is 11.5 Å². The Kier molecular flexibility index (Phi) is 14.2. The van der Waals surface area contributed by atoms with Crippen LogP contribution in [0.1, 0.15) is 32.8 Å². The molecule has 2 unspecified atom stereocenters. The van der Waals surface area contributed by atoms with Gasteiger partial charge in [0.05, 0.1) is 11.7 Å². The van der Waals surface area contributed by atoms with E-state index in [4.69, 9.17) is 10.5 Å². The van der Waals surface area contributed by atoms with Gasteiger partial charge in [-0.1, -0.05) is 19.9 Å². The third-order valence-corrected chi connectivity index (χ3v) is 5.28. The standard InChI is InChI=1S/C14H15F2NOS.C4H8N2.C2H6.CH5N/c1-9-17-14(8-18-5-4-10(14)7-19-9)12-3-2-11(15)6-13(12)16;1-6-4-2-3-5;2*1-2/h2-3,6,10H,4-5,7-8H2,1H3;2-4H,5H2,1H3;1-2H3;2H2,1H3/b;3-2-,6-4?;;. The molecule has 0 spiro atoms. The highest BCUT2D eigenvalue weighted by atomic mass is 32.2. The molecule has 1 fully saturated rings. The van der Waals surface area contributed by atoms with Crippen LogP contribution in [0.3, 0.4) is 0 Å². The predicted molar refractivity (Wildman–Crippen MR) is 122 cm³/mol. The van der Waals surface area contributed by atoms with E-state index in [-0.39, 0.29) is 5.92 Å². The van der Waals surface area contributed by atoms with Gasteiger partial charge in [0.2, 0.25) is 0 Å². The van der Waals surface area contributed by atoms with Crippen molar-refractivity contribution in [3.8, 4) is 0 Å². The molecule has 164 valence electrons. The number of nitrogens with two attached hydrogens (primary N) is 2. The van der Waals surface area contributed by atoms with Crippen LogP contribution in [0.15, 0.2) is 40.5 Å². The molecule has 2 atom stereocenters. The number of halogens is 2. The quantitative estimate of drug-likeness (QED) is 0.694. The average Bonchev–Trinajstić information content (AvgIpc) is 2.75. The van der Waals surface area contributed by atoms with Gasteiger partial charge in [-0.05, 0) is 38.7 Å². The van der Waals surface area contributed by atoms with Crippen molar-refractivity contribution < 1.29 is 13.5 Å². The van der Waals surface area contributed by atoms with Crippen molar-refractivity contribution >= 4 is 23.0 Å². The number of nitrogens with zero attached hydrogens (tertiary/aromatic N) is 2. The number of hydrogen-bond acceptors (Lipinski definition) is 6. The second-order valence-corrected chi connectivity index (χ2v) is 7.03. The predicted octanol–water partition coefficient (Wildman–Crippen LogP) is 4.12. The van der Waals surface area contributed by atoms with E-state index in [0.717, 1.165) is 23.3 Å². The highest BCUT2D eigenvalue weighted by molar-refractivity contribution is 8.13. The molecule has 2 aliphatic heterocycles. The number of fused-ring (bicyclic) bond motifs is 1. The van der Waals surface area contributed by atoms with Crippen molar-refractivity contribution in [1.29, 1.82) is 0 Å². The van der Waals surface area contributed by atoms with Crippen molar-refractivity contribution in [2.24, 2.45) is 27.4 Å². The maximum absolute atomic E-state index is 14.2. The van der Waals surface area contributed by atoms with Gasteiger partial charge in [-0.15, -0.1) is 11.8 Å². The molecule has 29 heavy (non-hydrogen) atoms. The van der Waals surface area contributed by atoms with Gasteiger partial charge >= 0.3 is 0 Å². The van der Waals surface area contributed by atoms with E-state index in [2.05, 4.69) is 15.7 Å². The summed E-state index contributed by atoms with van der Waals surface area (Å²) in [5, 5.41) is 0.936. The zero-order valence-corrected chi connectivity index (χ0v) is 18.8. The van der Waals surface area contributed by atoms with Crippen molar-refractivity contribution in [2.45, 2.75) is 32.7 Å². The molecule has 0 bridgehead atoms. The summed E-state index contributed by atoms with van der Waals surface area (Å²) in [7, 11) is 3.19. The SMILES string of the molecule is CC.CC1=NC2(c3ccc(F)cc3F)COCCC2CS1.CN.CN=C/C=C\N. The highest BCUT2D eigenvalue weighted by Crippen LogP contribution is 2.45. The van der Waals surface area contributed by atoms with Gasteiger partial charge in [0.1, 0.15) is 17.2 Å². The summed E-state index contributed by atoms with van der Waals surface area (Å²) in [6.45, 7) is 6.99. The molecule has 4 N–H and O–H groups in total. The Morgan fingerprint density at radius 3 is 2.55 bits per heavy atom. The number of ether oxygens (including phenoxy) is 1. The molecule has 1 saturated heterocycles. The van der Waals surface area contributed by atoms with Crippen LogP contribution in [0.2, 0.25) is 0 Å². The lowest BCUT2D eigenvalue weighted by atomic mass is 9.76. The monoisotopic (exact) mass is 428 g/mol. The molecule has 0 radical (unpaired) electrons. The normalized spacial score (nSPS) is 22.9. The van der Waals surface area contributed by atoms with Gasteiger partial charge in [-0.3, -0.25) is 9.98 Å². The number of benzene rings is 1. The van der Waals surface area contributed by atoms with E-state index in [9.17, 15) is 8.78 Å². The molecule has 0 aromatic heterocycles. The summed E-state index contributed by atoms with van der Waals surface area (Å²) >= 11 is 1.70. The molecule has 2 aliphatic rings. The van der Waals surface area contributed by atoms with E-state index in [1.165, 1.54) is 25.4 Å². The molecule has 2 heterocycles. The molecule has 0 amide bonds. The first-order valence-electron chi connectivity index (χ1n) is 9.62. The molecule has 0 saturated carbocycles. The molecular weight excluding hydrogens is 394 g/mol. The van der Waals surface area contributed by atoms with E-state index in [0.29, 0.717) is 18.8 Å². The van der Waals surface area contributed by atoms with Crippen molar-refractivity contribution in [3.63, 3.8) is 0 Å². The molecule has 5 nitrogen and oxygen atoms in total. The second-order valence-electron chi connectivity index (χ2n) is 5.82. The van der Waals surface area contributed by atoms with Crippen LogP contribution in [0, 0.1) is 17.6 Å². The van der Waals surface area contributed by atoms with Crippen LogP contribution in [0.4, 0.5) is 8.78 Å². The Labute approximate surface area is 177 Å². The Balaban J connectivity index is 0.000000670. The Bertz CT molecular complexity index is 673. The van der Waals surface area contributed by atoms with Crippen molar-refractivity contribution in [3.05, 3.63) is 47.7 Å². The minimum Gasteiger partial charge on any atom is -0.405 e. The molecule has 3 rings (SSSR count). The first-order chi connectivity index (χ1) is 14.0. The first kappa shape index (κ1) is 27.2. The topological polar surface area (TPSA) is 86.0 Å². The fraction of sp³-hybridized carbons (Fsp3) is 0.524. The number of aliphatic imine (C=N–C) groups is 2. The largest absolute Gasteiger partial charge is 0.405 e. The zero-order chi connectivity index (χ0) is 22.3. The third-order valence-electron chi connectivity index (χ3n) is 4.20. The Hall–Kier alpha value is -1.77. The summed E-state index contributed by atoms with van der Waals surface area (Å²) in [5.74, 6) is 0.0702. The summed E-state index contributed by atoms with van der Waals surface area (Å²) in [4.78, 5) is 8.32. The number of hydrogen-bond donors (Lipinski definition) is 2. The first-order valence-corrected chi connectivity index (χ1v) is 10.6. The van der Waals surface area contributed by atoms with E-state index in [1.807, 2.05) is 20.8 Å². The van der Waals surface area contributed by atoms with Gasteiger partial charge in [0.25, 0.3) is 0 Å². The maximum Gasteiger partial charge on any atom is 0.131 e. The summed E-state index contributed by atoms with van der Waals surface area (Å²) in [6, 6.07) is 3.74. The molecular formula is C21H34F2N4OS. The maximum atomic E-state index is 14.2. The highest BCUT2D eigenvalue weighted by Gasteiger charge is 2.46. The Morgan fingerprint density at radius 1 is 1.31 bits per heavy atom. The summed E-state index contributed by atoms with van der Waals surface area (Å²) in [5.41, 5.74) is 9.22. The second kappa shape index (κ2) is 15.1. The van der Waals surface area contributed by atoms with Crippen molar-refractivity contribution in [2.75, 3.05) is 33.1 Å². The minimum atomic E-state index is -0.675. The fourth-order valence-corrected chi connectivity index (χ4v) is 4.14. The summed E-state index contributed by atoms with van der Waals surface area (Å²) < 4.78 is 32.8. The van der Waals surface area contributed by atoms with Crippen LogP contribution in [0.25, 0.3) is 0 Å². The molecule has 1 aromatic carbocycles. The number of allylic oxidation sites excluding steroid dienone is 1. The minimum absolute atomic E-state index is 0.245. The van der Waals surface area contributed by atoms with Crippen LogP contribution in [-0.4, -0.2) is 44.3 Å². The third kappa shape index (κ3) is 7.87. The van der Waals surface area contributed by atoms with Gasteiger partial charge in [-0.2, -0.15) is 0 Å². The van der Waals surface area contributed by atoms with E-state index >= 15 is 0 Å². The van der Waals surface area contributed by atoms with Gasteiger partial charge in [0, 0.05) is 43.2 Å². The number of thioether (sulfide) groups is 1. The smallest absolute Gasteiger partial charge is 0.131 e. The summed E-state index contributed by atoms with van der Waals surface area (Å²) in [6.07, 6.45) is 5.59. The fourth-order valence-electron chi connectivity index (χ4n) is 3.02. The van der Waals surface area contributed by atoms with Crippen LogP contribution in [0.5, 0.6) is 0 Å². The molecule has 0 aliphatic carbocycles. The van der Waals surface area contributed by atoms with E-state index in [1.54, 1.807) is 31.1 Å². The van der Waals surface area contributed by atoms with E-state index < -0.39 is 17.2 Å². The van der Waals surface area contributed by atoms with Crippen LogP contribution >= 0.6 is 11.8 Å². The lowest BCUT2D eigenvalue weighted by Gasteiger charge is -2.44.